The van der Waals surface area contributed by atoms with Gasteiger partial charge >= 0.3 is 0 Å². The van der Waals surface area contributed by atoms with E-state index in [1.54, 1.807) is 17.8 Å². The maximum atomic E-state index is 12.9. The van der Waals surface area contributed by atoms with Gasteiger partial charge in [0.2, 0.25) is 15.9 Å². The Hall–Kier alpha value is -3.05. The maximum absolute atomic E-state index is 12.9. The average molecular weight is 487 g/mol. The number of hydrogen-bond acceptors (Lipinski definition) is 8. The van der Waals surface area contributed by atoms with Crippen molar-refractivity contribution in [2.75, 3.05) is 21.9 Å². The van der Waals surface area contributed by atoms with Crippen LogP contribution in [0.2, 0.25) is 0 Å². The number of carbonyl (C=O) groups is 1. The van der Waals surface area contributed by atoms with E-state index in [0.29, 0.717) is 41.6 Å². The molecule has 2 heterocycles. The highest BCUT2D eigenvalue weighted by atomic mass is 32.2. The van der Waals surface area contributed by atoms with Gasteiger partial charge in [-0.05, 0) is 38.3 Å². The highest BCUT2D eigenvalue weighted by molar-refractivity contribution is 7.93. The summed E-state index contributed by atoms with van der Waals surface area (Å²) in [7, 11) is -3.38. The van der Waals surface area contributed by atoms with E-state index in [1.165, 1.54) is 11.3 Å². The summed E-state index contributed by atoms with van der Waals surface area (Å²) in [4.78, 5) is 26.0. The van der Waals surface area contributed by atoms with Crippen LogP contribution in [-0.2, 0) is 14.8 Å². The molecular weight excluding hydrogens is 460 g/mol. The van der Waals surface area contributed by atoms with Crippen LogP contribution in [0.15, 0.2) is 42.0 Å². The van der Waals surface area contributed by atoms with E-state index >= 15 is 0 Å². The minimum absolute atomic E-state index is 0.193. The molecule has 33 heavy (non-hydrogen) atoms. The van der Waals surface area contributed by atoms with E-state index in [2.05, 4.69) is 30.3 Å². The van der Waals surface area contributed by atoms with Gasteiger partial charge in [-0.25, -0.2) is 18.4 Å². The van der Waals surface area contributed by atoms with Gasteiger partial charge in [0.05, 0.1) is 34.9 Å². The van der Waals surface area contributed by atoms with Crippen LogP contribution < -0.4 is 15.4 Å². The molecule has 9 nitrogen and oxygen atoms in total. The number of aromatic nitrogens is 3. The zero-order chi connectivity index (χ0) is 23.4. The van der Waals surface area contributed by atoms with Crippen molar-refractivity contribution in [2.24, 2.45) is 0 Å². The number of benzene rings is 1. The van der Waals surface area contributed by atoms with E-state index in [1.807, 2.05) is 38.1 Å². The molecule has 1 aliphatic carbocycles. The molecule has 0 bridgehead atoms. The summed E-state index contributed by atoms with van der Waals surface area (Å²) in [5, 5.41) is 7.77. The fourth-order valence-corrected chi connectivity index (χ4v) is 5.69. The lowest BCUT2D eigenvalue weighted by molar-refractivity contribution is -0.117. The van der Waals surface area contributed by atoms with Gasteiger partial charge in [0.25, 0.3) is 0 Å². The second-order valence-electron chi connectivity index (χ2n) is 7.77. The number of anilines is 3. The van der Waals surface area contributed by atoms with Crippen molar-refractivity contribution in [1.29, 1.82) is 0 Å². The highest BCUT2D eigenvalue weighted by Gasteiger charge is 2.36. The van der Waals surface area contributed by atoms with Gasteiger partial charge in [-0.1, -0.05) is 19.1 Å². The molecule has 0 radical (unpaired) electrons. The number of thiazole rings is 1. The molecule has 1 atom stereocenters. The topological polar surface area (TPSA) is 126 Å². The van der Waals surface area contributed by atoms with Crippen LogP contribution >= 0.6 is 11.3 Å². The van der Waals surface area contributed by atoms with Gasteiger partial charge in [0, 0.05) is 23.2 Å². The number of rotatable bonds is 10. The third kappa shape index (κ3) is 5.66. The lowest BCUT2D eigenvalue weighted by Gasteiger charge is -2.13. The molecule has 0 spiro atoms. The zero-order valence-corrected chi connectivity index (χ0v) is 20.0. The number of amides is 1. The van der Waals surface area contributed by atoms with Crippen LogP contribution in [0.4, 0.5) is 16.6 Å². The van der Waals surface area contributed by atoms with E-state index in [4.69, 9.17) is 0 Å². The maximum Gasteiger partial charge on any atom is 0.237 e. The normalized spacial score (nSPS) is 14.5. The molecule has 1 unspecified atom stereocenters. The molecule has 11 heteroatoms. The monoisotopic (exact) mass is 486 g/mol. The molecule has 0 saturated heterocycles. The number of carbonyl (C=O) groups excluding carboxylic acids is 1. The van der Waals surface area contributed by atoms with Gasteiger partial charge in [-0.3, -0.25) is 14.5 Å². The number of nitrogens with zero attached hydrogens (tertiary/aromatic N) is 3. The average Bonchev–Trinajstić information content (AvgIpc) is 3.57. The Morgan fingerprint density at radius 3 is 2.58 bits per heavy atom. The summed E-state index contributed by atoms with van der Waals surface area (Å²) in [5.74, 6) is 0.0316. The molecule has 1 saturated carbocycles. The SMILES string of the molecule is CCNc1cncc(-c2ccc(NC(=O)C(CC)c3csc(NS(=O)(=O)C4CC4)n3)cc2)n1. The minimum Gasteiger partial charge on any atom is -0.369 e. The van der Waals surface area contributed by atoms with Crippen molar-refractivity contribution in [3.8, 4) is 11.3 Å². The van der Waals surface area contributed by atoms with Gasteiger partial charge in [0.15, 0.2) is 5.13 Å². The summed E-state index contributed by atoms with van der Waals surface area (Å²) in [5.41, 5.74) is 2.84. The first-order chi connectivity index (χ1) is 15.9. The molecule has 0 aliphatic heterocycles. The number of hydrogen-bond donors (Lipinski definition) is 3. The van der Waals surface area contributed by atoms with Crippen molar-refractivity contribution in [1.82, 2.24) is 15.0 Å². The molecule has 3 N–H and O–H groups in total. The largest absolute Gasteiger partial charge is 0.369 e. The first-order valence-electron chi connectivity index (χ1n) is 10.8. The first-order valence-corrected chi connectivity index (χ1v) is 13.3. The van der Waals surface area contributed by atoms with Crippen molar-refractivity contribution in [3.63, 3.8) is 0 Å². The van der Waals surface area contributed by atoms with Crippen molar-refractivity contribution in [2.45, 2.75) is 44.3 Å². The zero-order valence-electron chi connectivity index (χ0n) is 18.4. The van der Waals surface area contributed by atoms with Crippen LogP contribution in [0.5, 0.6) is 0 Å². The van der Waals surface area contributed by atoms with Crippen LogP contribution in [0, 0.1) is 0 Å². The van der Waals surface area contributed by atoms with Crippen LogP contribution in [0.25, 0.3) is 11.3 Å². The molecule has 174 valence electrons. The second kappa shape index (κ2) is 9.84. The molecule has 1 aliphatic rings. The summed E-state index contributed by atoms with van der Waals surface area (Å²) < 4.78 is 26.8. The summed E-state index contributed by atoms with van der Waals surface area (Å²) >= 11 is 1.19. The van der Waals surface area contributed by atoms with Crippen molar-refractivity contribution >= 4 is 43.9 Å². The Labute approximate surface area is 197 Å². The van der Waals surface area contributed by atoms with E-state index < -0.39 is 15.9 Å². The van der Waals surface area contributed by atoms with E-state index in [0.717, 1.165) is 17.8 Å². The predicted molar refractivity (Wildman–Crippen MR) is 131 cm³/mol. The number of sulfonamides is 1. The lowest BCUT2D eigenvalue weighted by Crippen LogP contribution is -2.21. The molecule has 1 fully saturated rings. The summed E-state index contributed by atoms with van der Waals surface area (Å²) in [6.45, 7) is 4.65. The predicted octanol–water partition coefficient (Wildman–Crippen LogP) is 4.07. The van der Waals surface area contributed by atoms with Gasteiger partial charge < -0.3 is 10.6 Å². The van der Waals surface area contributed by atoms with Crippen LogP contribution in [0.3, 0.4) is 0 Å². The van der Waals surface area contributed by atoms with Gasteiger partial charge in [-0.2, -0.15) is 0 Å². The van der Waals surface area contributed by atoms with Gasteiger partial charge in [0.1, 0.15) is 5.82 Å². The summed E-state index contributed by atoms with van der Waals surface area (Å²) in [6, 6.07) is 7.39. The van der Waals surface area contributed by atoms with Crippen LogP contribution in [-0.4, -0.2) is 41.1 Å². The molecule has 1 amide bonds. The Kier molecular flexibility index (Phi) is 6.89. The Bertz CT molecular complexity index is 1220. The minimum atomic E-state index is -3.38. The fourth-order valence-electron chi connectivity index (χ4n) is 3.33. The molecule has 3 aromatic rings. The van der Waals surface area contributed by atoms with E-state index in [9.17, 15) is 13.2 Å². The van der Waals surface area contributed by atoms with Crippen molar-refractivity contribution < 1.29 is 13.2 Å². The molecule has 1 aromatic carbocycles. The Morgan fingerprint density at radius 2 is 1.91 bits per heavy atom. The Balaban J connectivity index is 1.42. The smallest absolute Gasteiger partial charge is 0.237 e. The van der Waals surface area contributed by atoms with Crippen molar-refractivity contribution in [3.05, 3.63) is 47.7 Å². The first kappa shape index (κ1) is 23.1. The highest BCUT2D eigenvalue weighted by Crippen LogP contribution is 2.32. The molecule has 4 rings (SSSR count). The third-order valence-electron chi connectivity index (χ3n) is 5.24. The van der Waals surface area contributed by atoms with Crippen LogP contribution in [0.1, 0.15) is 44.7 Å². The molecular formula is C22H26N6O3S2. The third-order valence-corrected chi connectivity index (χ3v) is 7.97. The second-order valence-corrected chi connectivity index (χ2v) is 10.6. The van der Waals surface area contributed by atoms with E-state index in [-0.39, 0.29) is 11.2 Å². The van der Waals surface area contributed by atoms with Gasteiger partial charge in [-0.15, -0.1) is 11.3 Å². The number of nitrogens with one attached hydrogen (secondary N) is 3. The Morgan fingerprint density at radius 1 is 1.15 bits per heavy atom. The quantitative estimate of drug-likeness (QED) is 0.394. The lowest BCUT2D eigenvalue weighted by atomic mass is 10.0. The molecule has 2 aromatic heterocycles. The fraction of sp³-hybridized carbons (Fsp3) is 0.364. The summed E-state index contributed by atoms with van der Waals surface area (Å²) in [6.07, 6.45) is 5.27. The standard InChI is InChI=1S/C22H26N6O3S2/c1-3-17(19-13-32-22(27-19)28-33(30,31)16-9-10-16)21(29)25-15-7-5-14(6-8-15)18-11-23-12-20(26-18)24-4-2/h5-8,11-13,16-17H,3-4,9-10H2,1-2H3,(H,24,26)(H,25,29)(H,27,28).